The van der Waals surface area contributed by atoms with Gasteiger partial charge in [0.05, 0.1) is 5.02 Å². The minimum Gasteiger partial charge on any atom is -0.342 e. The Kier molecular flexibility index (Phi) is 4.22. The summed E-state index contributed by atoms with van der Waals surface area (Å²) in [6.45, 7) is 1.25. The van der Waals surface area contributed by atoms with Crippen LogP contribution in [0.3, 0.4) is 0 Å². The largest absolute Gasteiger partial charge is 0.342 e. The van der Waals surface area contributed by atoms with Gasteiger partial charge in [0.2, 0.25) is 5.91 Å². The lowest BCUT2D eigenvalue weighted by Gasteiger charge is -2.42. The first kappa shape index (κ1) is 15.5. The van der Waals surface area contributed by atoms with E-state index in [1.165, 1.54) is 25.0 Å². The van der Waals surface area contributed by atoms with Gasteiger partial charge in [0, 0.05) is 31.3 Å². The maximum Gasteiger partial charge on any atom is 0.222 e. The van der Waals surface area contributed by atoms with Gasteiger partial charge >= 0.3 is 0 Å². The van der Waals surface area contributed by atoms with Gasteiger partial charge in [-0.1, -0.05) is 17.7 Å². The van der Waals surface area contributed by atoms with Crippen molar-refractivity contribution in [1.29, 1.82) is 0 Å². The predicted octanol–water partition coefficient (Wildman–Crippen LogP) is 3.34. The molecule has 1 aromatic carbocycles. The fourth-order valence-corrected chi connectivity index (χ4v) is 3.44. The van der Waals surface area contributed by atoms with Gasteiger partial charge in [-0.3, -0.25) is 4.79 Å². The monoisotopic (exact) mass is 323 g/mol. The van der Waals surface area contributed by atoms with E-state index < -0.39 is 11.2 Å². The number of piperidine rings is 1. The molecule has 3 nitrogen and oxygen atoms in total. The molecular formula is C17H19ClFNO2. The summed E-state index contributed by atoms with van der Waals surface area (Å²) in [6, 6.07) is 4.72. The summed E-state index contributed by atoms with van der Waals surface area (Å²) in [7, 11) is 0. The van der Waals surface area contributed by atoms with Crippen molar-refractivity contribution >= 4 is 23.8 Å². The number of rotatable bonds is 5. The van der Waals surface area contributed by atoms with E-state index in [0.717, 1.165) is 18.4 Å². The van der Waals surface area contributed by atoms with E-state index in [2.05, 4.69) is 0 Å². The number of halogens is 2. The van der Waals surface area contributed by atoms with E-state index in [0.29, 0.717) is 31.7 Å². The van der Waals surface area contributed by atoms with Gasteiger partial charge in [-0.25, -0.2) is 4.39 Å². The van der Waals surface area contributed by atoms with Gasteiger partial charge in [0.1, 0.15) is 12.1 Å². The van der Waals surface area contributed by atoms with Crippen LogP contribution in [-0.2, 0) is 15.0 Å². The van der Waals surface area contributed by atoms with E-state index >= 15 is 0 Å². The molecule has 1 heterocycles. The topological polar surface area (TPSA) is 37.4 Å². The predicted molar refractivity (Wildman–Crippen MR) is 82.3 cm³/mol. The maximum absolute atomic E-state index is 13.8. The van der Waals surface area contributed by atoms with Crippen molar-refractivity contribution in [3.63, 3.8) is 0 Å². The van der Waals surface area contributed by atoms with E-state index in [-0.39, 0.29) is 10.9 Å². The number of hydrogen-bond acceptors (Lipinski definition) is 2. The Morgan fingerprint density at radius 1 is 1.41 bits per heavy atom. The third-order valence-corrected chi connectivity index (χ3v) is 5.15. The summed E-state index contributed by atoms with van der Waals surface area (Å²) in [5, 5.41) is 0.0757. The lowest BCUT2D eigenvalue weighted by atomic mass is 9.72. The van der Waals surface area contributed by atoms with Gasteiger partial charge in [0.25, 0.3) is 0 Å². The van der Waals surface area contributed by atoms with Crippen molar-refractivity contribution in [3.05, 3.63) is 34.6 Å². The number of hydrogen-bond donors (Lipinski definition) is 0. The number of amides is 1. The van der Waals surface area contributed by atoms with E-state index in [9.17, 15) is 14.0 Å². The van der Waals surface area contributed by atoms with Crippen LogP contribution in [0.2, 0.25) is 5.02 Å². The minimum atomic E-state index is -0.490. The third-order valence-electron chi connectivity index (χ3n) is 4.85. The van der Waals surface area contributed by atoms with Crippen LogP contribution in [0.5, 0.6) is 0 Å². The average molecular weight is 324 g/mol. The normalized spacial score (nSPS) is 25.4. The van der Waals surface area contributed by atoms with Crippen LogP contribution in [0.4, 0.5) is 4.39 Å². The number of carbonyl (C=O) groups excluding carboxylic acids is 2. The second kappa shape index (κ2) is 5.99. The molecule has 1 amide bonds. The molecule has 0 bridgehead atoms. The molecule has 5 heteroatoms. The lowest BCUT2D eigenvalue weighted by molar-refractivity contribution is -0.136. The highest BCUT2D eigenvalue weighted by Crippen LogP contribution is 2.40. The van der Waals surface area contributed by atoms with E-state index in [1.807, 2.05) is 4.90 Å². The molecule has 22 heavy (non-hydrogen) atoms. The summed E-state index contributed by atoms with van der Waals surface area (Å²) in [6.07, 6.45) is 4.48. The molecule has 118 valence electrons. The van der Waals surface area contributed by atoms with Gasteiger partial charge in [-0.15, -0.1) is 0 Å². The number of aldehydes is 1. The summed E-state index contributed by atoms with van der Waals surface area (Å²) >= 11 is 5.76. The first-order chi connectivity index (χ1) is 10.5. The highest BCUT2D eigenvalue weighted by molar-refractivity contribution is 6.30. The van der Waals surface area contributed by atoms with Crippen molar-refractivity contribution < 1.29 is 14.0 Å². The number of carbonyl (C=O) groups is 2. The second-order valence-corrected chi connectivity index (χ2v) is 6.90. The Morgan fingerprint density at radius 2 is 2.18 bits per heavy atom. The molecular weight excluding hydrogens is 305 g/mol. The van der Waals surface area contributed by atoms with Gasteiger partial charge in [0.15, 0.2) is 0 Å². The van der Waals surface area contributed by atoms with Crippen LogP contribution >= 0.6 is 11.6 Å². The zero-order valence-corrected chi connectivity index (χ0v) is 13.1. The van der Waals surface area contributed by atoms with Crippen LogP contribution in [0.1, 0.15) is 37.7 Å². The standard InChI is InChI=1S/C17H19ClFNO2/c18-14-4-3-13(9-15(14)19)17(7-8-21)6-5-16(22)20(11-17)10-12-1-2-12/h3-4,8-9,12H,1-2,5-7,10-11H2/t17-/m1/s1. The summed E-state index contributed by atoms with van der Waals surface area (Å²) in [5.41, 5.74) is 0.269. The summed E-state index contributed by atoms with van der Waals surface area (Å²) in [5.74, 6) is 0.260. The summed E-state index contributed by atoms with van der Waals surface area (Å²) in [4.78, 5) is 25.2. The molecule has 1 aliphatic carbocycles. The maximum atomic E-state index is 13.8. The van der Waals surface area contributed by atoms with E-state index in [4.69, 9.17) is 11.6 Å². The highest BCUT2D eigenvalue weighted by Gasteiger charge is 2.41. The van der Waals surface area contributed by atoms with Gasteiger partial charge in [-0.05, 0) is 42.9 Å². The van der Waals surface area contributed by atoms with Crippen molar-refractivity contribution in [2.24, 2.45) is 5.92 Å². The number of nitrogens with zero attached hydrogens (tertiary/aromatic N) is 1. The fraction of sp³-hybridized carbons (Fsp3) is 0.529. The molecule has 1 saturated heterocycles. The molecule has 0 aromatic heterocycles. The average Bonchev–Trinajstić information content (AvgIpc) is 3.30. The fourth-order valence-electron chi connectivity index (χ4n) is 3.32. The van der Waals surface area contributed by atoms with Crippen molar-refractivity contribution in [2.45, 2.75) is 37.5 Å². The zero-order valence-electron chi connectivity index (χ0n) is 12.4. The third kappa shape index (κ3) is 3.02. The Bertz CT molecular complexity index is 602. The van der Waals surface area contributed by atoms with Crippen LogP contribution < -0.4 is 0 Å². The SMILES string of the molecule is O=CC[C@]1(c2ccc(Cl)c(F)c2)CCC(=O)N(CC2CC2)C1. The Hall–Kier alpha value is -1.42. The Morgan fingerprint density at radius 3 is 2.82 bits per heavy atom. The Balaban J connectivity index is 1.90. The van der Waals surface area contributed by atoms with Crippen LogP contribution in [-0.4, -0.2) is 30.2 Å². The van der Waals surface area contributed by atoms with Crippen LogP contribution in [0, 0.1) is 11.7 Å². The molecule has 0 radical (unpaired) electrons. The van der Waals surface area contributed by atoms with Crippen molar-refractivity contribution in [1.82, 2.24) is 4.90 Å². The molecule has 0 spiro atoms. The molecule has 1 atom stereocenters. The molecule has 3 rings (SSSR count). The summed E-state index contributed by atoms with van der Waals surface area (Å²) < 4.78 is 13.8. The van der Waals surface area contributed by atoms with Gasteiger partial charge in [-0.2, -0.15) is 0 Å². The second-order valence-electron chi connectivity index (χ2n) is 6.50. The molecule has 2 aliphatic rings. The molecule has 1 aliphatic heterocycles. The zero-order chi connectivity index (χ0) is 15.7. The van der Waals surface area contributed by atoms with Crippen LogP contribution in [0.25, 0.3) is 0 Å². The molecule has 2 fully saturated rings. The molecule has 0 unspecified atom stereocenters. The van der Waals surface area contributed by atoms with Crippen molar-refractivity contribution in [2.75, 3.05) is 13.1 Å². The van der Waals surface area contributed by atoms with Gasteiger partial charge < -0.3 is 9.69 Å². The lowest BCUT2D eigenvalue weighted by Crippen LogP contribution is -2.49. The molecule has 0 N–H and O–H groups in total. The first-order valence-electron chi connectivity index (χ1n) is 7.71. The van der Waals surface area contributed by atoms with Crippen molar-refractivity contribution in [3.8, 4) is 0 Å². The van der Waals surface area contributed by atoms with Crippen LogP contribution in [0.15, 0.2) is 18.2 Å². The Labute approximate surface area is 134 Å². The number of benzene rings is 1. The van der Waals surface area contributed by atoms with E-state index in [1.54, 1.807) is 6.07 Å². The first-order valence-corrected chi connectivity index (χ1v) is 8.09. The molecule has 1 aromatic rings. The minimum absolute atomic E-state index is 0.0757. The smallest absolute Gasteiger partial charge is 0.222 e. The highest BCUT2D eigenvalue weighted by atomic mass is 35.5. The number of likely N-dealkylation sites (tertiary alicyclic amines) is 1. The quantitative estimate of drug-likeness (QED) is 0.779. The molecule has 1 saturated carbocycles.